The lowest BCUT2D eigenvalue weighted by Gasteiger charge is -2.11. The number of nitrogens with two attached hydrogens (primary N) is 1. The summed E-state index contributed by atoms with van der Waals surface area (Å²) in [4.78, 5) is 4.94. The van der Waals surface area contributed by atoms with E-state index in [0.29, 0.717) is 4.99 Å². The molecule has 0 spiro atoms. The van der Waals surface area contributed by atoms with Crippen molar-refractivity contribution in [3.63, 3.8) is 0 Å². The van der Waals surface area contributed by atoms with E-state index in [2.05, 4.69) is 39.9 Å². The predicted octanol–water partition coefficient (Wildman–Crippen LogP) is 3.35. The van der Waals surface area contributed by atoms with Gasteiger partial charge in [-0.2, -0.15) is 0 Å². The molecule has 0 bridgehead atoms. The monoisotopic (exact) mass is 321 g/mol. The first-order valence-corrected chi connectivity index (χ1v) is 8.06. The Morgan fingerprint density at radius 3 is 2.52 bits per heavy atom. The van der Waals surface area contributed by atoms with Gasteiger partial charge in [-0.05, 0) is 17.5 Å². The SMILES string of the molecule is NC(=S)c1ccccc1Cn1ccnc1CCc1ccccc1. The molecule has 0 aliphatic heterocycles. The summed E-state index contributed by atoms with van der Waals surface area (Å²) < 4.78 is 2.17. The molecular formula is C19H19N3S. The average molecular weight is 321 g/mol. The summed E-state index contributed by atoms with van der Waals surface area (Å²) in [7, 11) is 0. The van der Waals surface area contributed by atoms with Crippen molar-refractivity contribution in [3.05, 3.63) is 89.5 Å². The van der Waals surface area contributed by atoms with Gasteiger partial charge in [-0.3, -0.25) is 0 Å². The van der Waals surface area contributed by atoms with Crippen LogP contribution in [-0.2, 0) is 19.4 Å². The largest absolute Gasteiger partial charge is 0.389 e. The molecule has 2 aromatic carbocycles. The number of benzene rings is 2. The summed E-state index contributed by atoms with van der Waals surface area (Å²) in [6.07, 6.45) is 5.75. The zero-order valence-electron chi connectivity index (χ0n) is 12.9. The Kier molecular flexibility index (Phi) is 4.83. The van der Waals surface area contributed by atoms with Crippen molar-refractivity contribution in [2.24, 2.45) is 5.73 Å². The minimum atomic E-state index is 0.437. The van der Waals surface area contributed by atoms with Crippen LogP contribution in [0.3, 0.4) is 0 Å². The number of hydrogen-bond donors (Lipinski definition) is 1. The zero-order valence-corrected chi connectivity index (χ0v) is 13.7. The highest BCUT2D eigenvalue weighted by Gasteiger charge is 2.08. The Balaban J connectivity index is 1.75. The molecule has 2 N–H and O–H groups in total. The van der Waals surface area contributed by atoms with Gasteiger partial charge in [-0.25, -0.2) is 4.98 Å². The lowest BCUT2D eigenvalue weighted by Crippen LogP contribution is -2.14. The van der Waals surface area contributed by atoms with Gasteiger partial charge in [0, 0.05) is 30.9 Å². The van der Waals surface area contributed by atoms with Crippen LogP contribution in [0.25, 0.3) is 0 Å². The zero-order chi connectivity index (χ0) is 16.1. The fourth-order valence-electron chi connectivity index (χ4n) is 2.70. The maximum atomic E-state index is 5.82. The number of hydrogen-bond acceptors (Lipinski definition) is 2. The van der Waals surface area contributed by atoms with Crippen molar-refractivity contribution in [1.82, 2.24) is 9.55 Å². The van der Waals surface area contributed by atoms with Crippen molar-refractivity contribution in [3.8, 4) is 0 Å². The molecule has 3 aromatic rings. The minimum absolute atomic E-state index is 0.437. The summed E-state index contributed by atoms with van der Waals surface area (Å²) >= 11 is 5.15. The van der Waals surface area contributed by atoms with Crippen LogP contribution >= 0.6 is 12.2 Å². The summed E-state index contributed by atoms with van der Waals surface area (Å²) in [6, 6.07) is 18.5. The van der Waals surface area contributed by atoms with Gasteiger partial charge >= 0.3 is 0 Å². The molecule has 0 saturated carbocycles. The van der Waals surface area contributed by atoms with Gasteiger partial charge in [0.05, 0.1) is 0 Å². The number of imidazole rings is 1. The van der Waals surface area contributed by atoms with Crippen molar-refractivity contribution in [1.29, 1.82) is 0 Å². The second-order valence-electron chi connectivity index (χ2n) is 5.48. The first kappa shape index (κ1) is 15.4. The van der Waals surface area contributed by atoms with Crippen LogP contribution in [0.4, 0.5) is 0 Å². The van der Waals surface area contributed by atoms with E-state index in [1.807, 2.05) is 36.7 Å². The maximum Gasteiger partial charge on any atom is 0.109 e. The third-order valence-electron chi connectivity index (χ3n) is 3.91. The minimum Gasteiger partial charge on any atom is -0.389 e. The van der Waals surface area contributed by atoms with Crippen LogP contribution in [-0.4, -0.2) is 14.5 Å². The van der Waals surface area contributed by atoms with Gasteiger partial charge in [0.2, 0.25) is 0 Å². The Labute approximate surface area is 141 Å². The van der Waals surface area contributed by atoms with Crippen LogP contribution in [0, 0.1) is 0 Å². The number of nitrogens with zero attached hydrogens (tertiary/aromatic N) is 2. The van der Waals surface area contributed by atoms with E-state index in [1.165, 1.54) is 5.56 Å². The van der Waals surface area contributed by atoms with E-state index < -0.39 is 0 Å². The van der Waals surface area contributed by atoms with Crippen LogP contribution in [0.2, 0.25) is 0 Å². The topological polar surface area (TPSA) is 43.8 Å². The van der Waals surface area contributed by atoms with Crippen LogP contribution in [0.5, 0.6) is 0 Å². The third kappa shape index (κ3) is 3.85. The molecule has 0 fully saturated rings. The standard InChI is InChI=1S/C19H19N3S/c20-19(23)17-9-5-4-8-16(17)14-22-13-12-21-18(22)11-10-15-6-2-1-3-7-15/h1-9,12-13H,10-11,14H2,(H2,20,23). The smallest absolute Gasteiger partial charge is 0.109 e. The van der Waals surface area contributed by atoms with Gasteiger partial charge in [-0.1, -0.05) is 66.8 Å². The highest BCUT2D eigenvalue weighted by Crippen LogP contribution is 2.13. The second-order valence-corrected chi connectivity index (χ2v) is 5.92. The first-order chi connectivity index (χ1) is 11.2. The molecule has 4 heteroatoms. The highest BCUT2D eigenvalue weighted by molar-refractivity contribution is 7.80. The molecule has 0 unspecified atom stereocenters. The molecule has 0 radical (unpaired) electrons. The van der Waals surface area contributed by atoms with Gasteiger partial charge in [0.25, 0.3) is 0 Å². The number of aryl methyl sites for hydroxylation is 2. The second kappa shape index (κ2) is 7.20. The molecule has 23 heavy (non-hydrogen) atoms. The highest BCUT2D eigenvalue weighted by atomic mass is 32.1. The number of thiocarbonyl (C=S) groups is 1. The first-order valence-electron chi connectivity index (χ1n) is 7.65. The Hall–Kier alpha value is -2.46. The molecule has 3 nitrogen and oxygen atoms in total. The van der Waals surface area contributed by atoms with E-state index in [9.17, 15) is 0 Å². The van der Waals surface area contributed by atoms with Crippen LogP contribution in [0.15, 0.2) is 67.0 Å². The van der Waals surface area contributed by atoms with Gasteiger partial charge < -0.3 is 10.3 Å². The molecular weight excluding hydrogens is 302 g/mol. The van der Waals surface area contributed by atoms with Crippen molar-refractivity contribution in [2.45, 2.75) is 19.4 Å². The molecule has 0 atom stereocenters. The van der Waals surface area contributed by atoms with E-state index in [0.717, 1.165) is 36.3 Å². The molecule has 3 rings (SSSR count). The summed E-state index contributed by atoms with van der Waals surface area (Å²) in [6.45, 7) is 0.734. The van der Waals surface area contributed by atoms with Crippen molar-refractivity contribution in [2.75, 3.05) is 0 Å². The Morgan fingerprint density at radius 1 is 1.00 bits per heavy atom. The van der Waals surface area contributed by atoms with Crippen LogP contribution in [0.1, 0.15) is 22.5 Å². The maximum absolute atomic E-state index is 5.82. The number of aromatic nitrogens is 2. The van der Waals surface area contributed by atoms with Crippen molar-refractivity contribution < 1.29 is 0 Å². The molecule has 1 heterocycles. The Bertz CT molecular complexity index is 793. The fourth-order valence-corrected chi connectivity index (χ4v) is 2.89. The van der Waals surface area contributed by atoms with Gasteiger partial charge in [-0.15, -0.1) is 0 Å². The van der Waals surface area contributed by atoms with Gasteiger partial charge in [0.15, 0.2) is 0 Å². The van der Waals surface area contributed by atoms with E-state index in [1.54, 1.807) is 0 Å². The molecule has 0 aliphatic rings. The molecule has 0 aliphatic carbocycles. The summed E-state index contributed by atoms with van der Waals surface area (Å²) in [5.74, 6) is 1.08. The lowest BCUT2D eigenvalue weighted by atomic mass is 10.1. The quantitative estimate of drug-likeness (QED) is 0.708. The van der Waals surface area contributed by atoms with Gasteiger partial charge in [0.1, 0.15) is 10.8 Å². The normalized spacial score (nSPS) is 10.6. The molecule has 0 saturated heterocycles. The van der Waals surface area contributed by atoms with Crippen LogP contribution < -0.4 is 5.73 Å². The third-order valence-corrected chi connectivity index (χ3v) is 4.13. The molecule has 116 valence electrons. The Morgan fingerprint density at radius 2 is 1.74 bits per heavy atom. The van der Waals surface area contributed by atoms with E-state index in [-0.39, 0.29) is 0 Å². The molecule has 0 amide bonds. The fraction of sp³-hybridized carbons (Fsp3) is 0.158. The predicted molar refractivity (Wildman–Crippen MR) is 97.5 cm³/mol. The van der Waals surface area contributed by atoms with Crippen molar-refractivity contribution >= 4 is 17.2 Å². The molecule has 1 aromatic heterocycles. The average Bonchev–Trinajstić information content (AvgIpc) is 3.01. The lowest BCUT2D eigenvalue weighted by molar-refractivity contribution is 0.711. The summed E-state index contributed by atoms with van der Waals surface area (Å²) in [5, 5.41) is 0. The number of rotatable bonds is 6. The summed E-state index contributed by atoms with van der Waals surface area (Å²) in [5.41, 5.74) is 9.21. The van der Waals surface area contributed by atoms with E-state index >= 15 is 0 Å². The van der Waals surface area contributed by atoms with E-state index in [4.69, 9.17) is 18.0 Å².